The van der Waals surface area contributed by atoms with Gasteiger partial charge < -0.3 is 0 Å². The maximum absolute atomic E-state index is 12.8. The maximum atomic E-state index is 12.8. The molecule has 0 aromatic heterocycles. The Balaban J connectivity index is 2.43. The van der Waals surface area contributed by atoms with Gasteiger partial charge in [0.15, 0.2) is 0 Å². The van der Waals surface area contributed by atoms with Crippen molar-refractivity contribution < 1.29 is 8.78 Å². The van der Waals surface area contributed by atoms with E-state index in [9.17, 15) is 8.78 Å². The SMILES string of the molecule is CC(CCl)CSCc1cc(F)cc(F)c1. The van der Waals surface area contributed by atoms with Crippen molar-refractivity contribution in [3.05, 3.63) is 35.4 Å². The Bertz CT molecular complexity index is 297. The van der Waals surface area contributed by atoms with Crippen LogP contribution in [0.2, 0.25) is 0 Å². The zero-order valence-electron chi connectivity index (χ0n) is 8.47. The van der Waals surface area contributed by atoms with Crippen LogP contribution in [0.3, 0.4) is 0 Å². The highest BCUT2D eigenvalue weighted by molar-refractivity contribution is 7.98. The first-order chi connectivity index (χ1) is 7.11. The lowest BCUT2D eigenvalue weighted by Crippen LogP contribution is -1.99. The highest BCUT2D eigenvalue weighted by Gasteiger charge is 2.03. The molecular formula is C11H13ClF2S. The first-order valence-corrected chi connectivity index (χ1v) is 6.39. The molecule has 0 bridgehead atoms. The zero-order chi connectivity index (χ0) is 11.3. The van der Waals surface area contributed by atoms with E-state index in [1.165, 1.54) is 12.1 Å². The number of alkyl halides is 1. The molecule has 1 rings (SSSR count). The first-order valence-electron chi connectivity index (χ1n) is 4.70. The van der Waals surface area contributed by atoms with E-state index in [0.29, 0.717) is 23.1 Å². The molecule has 0 spiro atoms. The van der Waals surface area contributed by atoms with Gasteiger partial charge in [-0.3, -0.25) is 0 Å². The molecule has 1 atom stereocenters. The molecule has 0 saturated heterocycles. The third-order valence-electron chi connectivity index (χ3n) is 1.86. The van der Waals surface area contributed by atoms with Gasteiger partial charge >= 0.3 is 0 Å². The van der Waals surface area contributed by atoms with Crippen LogP contribution in [-0.2, 0) is 5.75 Å². The van der Waals surface area contributed by atoms with Crippen molar-refractivity contribution in [2.24, 2.45) is 5.92 Å². The van der Waals surface area contributed by atoms with E-state index >= 15 is 0 Å². The summed E-state index contributed by atoms with van der Waals surface area (Å²) in [6.45, 7) is 2.05. The second-order valence-corrected chi connectivity index (χ2v) is 4.89. The van der Waals surface area contributed by atoms with E-state index in [4.69, 9.17) is 11.6 Å². The molecule has 0 radical (unpaired) electrons. The minimum absolute atomic E-state index is 0.426. The zero-order valence-corrected chi connectivity index (χ0v) is 10.0. The molecule has 0 heterocycles. The van der Waals surface area contributed by atoms with Crippen LogP contribution in [0, 0.1) is 17.6 Å². The fraction of sp³-hybridized carbons (Fsp3) is 0.455. The summed E-state index contributed by atoms with van der Waals surface area (Å²) < 4.78 is 25.6. The molecule has 84 valence electrons. The quantitative estimate of drug-likeness (QED) is 0.710. The van der Waals surface area contributed by atoms with E-state index in [-0.39, 0.29) is 0 Å². The molecule has 4 heteroatoms. The molecule has 0 aliphatic heterocycles. The number of halogens is 3. The summed E-state index contributed by atoms with van der Waals surface area (Å²) >= 11 is 7.29. The molecule has 0 aliphatic rings. The van der Waals surface area contributed by atoms with Crippen LogP contribution in [0.25, 0.3) is 0 Å². The van der Waals surface area contributed by atoms with Gasteiger partial charge in [0, 0.05) is 17.7 Å². The van der Waals surface area contributed by atoms with Crippen LogP contribution in [-0.4, -0.2) is 11.6 Å². The highest BCUT2D eigenvalue weighted by atomic mass is 35.5. The molecule has 1 unspecified atom stereocenters. The van der Waals surface area contributed by atoms with Gasteiger partial charge in [0.25, 0.3) is 0 Å². The van der Waals surface area contributed by atoms with Crippen molar-refractivity contribution in [1.29, 1.82) is 0 Å². The van der Waals surface area contributed by atoms with Gasteiger partial charge in [-0.15, -0.1) is 11.6 Å². The molecule has 0 amide bonds. The monoisotopic (exact) mass is 250 g/mol. The number of thioether (sulfide) groups is 1. The summed E-state index contributed by atoms with van der Waals surface area (Å²) in [6, 6.07) is 3.61. The lowest BCUT2D eigenvalue weighted by molar-refractivity contribution is 0.581. The minimum Gasteiger partial charge on any atom is -0.207 e. The van der Waals surface area contributed by atoms with Crippen LogP contribution < -0.4 is 0 Å². The summed E-state index contributed by atoms with van der Waals surface area (Å²) in [6.07, 6.45) is 0. The van der Waals surface area contributed by atoms with Crippen molar-refractivity contribution >= 4 is 23.4 Å². The summed E-state index contributed by atoms with van der Waals surface area (Å²) in [7, 11) is 0. The molecule has 1 aromatic rings. The lowest BCUT2D eigenvalue weighted by Gasteiger charge is -2.06. The topological polar surface area (TPSA) is 0 Å². The van der Waals surface area contributed by atoms with Gasteiger partial charge in [-0.1, -0.05) is 6.92 Å². The normalized spacial score (nSPS) is 12.8. The van der Waals surface area contributed by atoms with E-state index in [2.05, 4.69) is 0 Å². The highest BCUT2D eigenvalue weighted by Crippen LogP contribution is 2.18. The van der Waals surface area contributed by atoms with Gasteiger partial charge in [-0.25, -0.2) is 8.78 Å². The van der Waals surface area contributed by atoms with Crippen molar-refractivity contribution in [2.75, 3.05) is 11.6 Å². The summed E-state index contributed by atoms with van der Waals surface area (Å²) in [4.78, 5) is 0. The Morgan fingerprint density at radius 2 is 1.87 bits per heavy atom. The van der Waals surface area contributed by atoms with E-state index in [1.807, 2.05) is 6.92 Å². The Kier molecular flexibility index (Phi) is 5.40. The summed E-state index contributed by atoms with van der Waals surface area (Å²) in [5.41, 5.74) is 0.680. The van der Waals surface area contributed by atoms with Gasteiger partial charge in [0.05, 0.1) is 0 Å². The van der Waals surface area contributed by atoms with Gasteiger partial charge in [0.1, 0.15) is 11.6 Å². The van der Waals surface area contributed by atoms with Crippen molar-refractivity contribution in [3.63, 3.8) is 0 Å². The predicted octanol–water partition coefficient (Wildman–Crippen LogP) is 4.07. The van der Waals surface area contributed by atoms with E-state index in [1.54, 1.807) is 11.8 Å². The van der Waals surface area contributed by atoms with Gasteiger partial charge in [-0.05, 0) is 29.4 Å². The molecule has 15 heavy (non-hydrogen) atoms. The van der Waals surface area contributed by atoms with E-state index < -0.39 is 11.6 Å². The molecule has 0 nitrogen and oxygen atoms in total. The lowest BCUT2D eigenvalue weighted by atomic mass is 10.2. The van der Waals surface area contributed by atoms with Gasteiger partial charge in [0.2, 0.25) is 0 Å². The van der Waals surface area contributed by atoms with Crippen LogP contribution >= 0.6 is 23.4 Å². The largest absolute Gasteiger partial charge is 0.207 e. The average molecular weight is 251 g/mol. The second-order valence-electron chi connectivity index (χ2n) is 3.55. The smallest absolute Gasteiger partial charge is 0.126 e. The predicted molar refractivity (Wildman–Crippen MR) is 62.4 cm³/mol. The van der Waals surface area contributed by atoms with Crippen LogP contribution in [0.1, 0.15) is 12.5 Å². The second kappa shape index (κ2) is 6.33. The molecule has 0 aliphatic carbocycles. The summed E-state index contributed by atoms with van der Waals surface area (Å²) in [5, 5.41) is 0. The Morgan fingerprint density at radius 1 is 1.27 bits per heavy atom. The van der Waals surface area contributed by atoms with Crippen molar-refractivity contribution in [2.45, 2.75) is 12.7 Å². The van der Waals surface area contributed by atoms with Gasteiger partial charge in [-0.2, -0.15) is 11.8 Å². The fourth-order valence-electron chi connectivity index (χ4n) is 1.12. The average Bonchev–Trinajstić information content (AvgIpc) is 2.16. The maximum Gasteiger partial charge on any atom is 0.126 e. The molecule has 0 fully saturated rings. The number of hydrogen-bond acceptors (Lipinski definition) is 1. The van der Waals surface area contributed by atoms with Crippen LogP contribution in [0.4, 0.5) is 8.78 Å². The molecule has 0 saturated carbocycles. The Morgan fingerprint density at radius 3 is 2.40 bits per heavy atom. The Hall–Kier alpha value is -0.280. The fourth-order valence-corrected chi connectivity index (χ4v) is 2.40. The third kappa shape index (κ3) is 4.85. The molecule has 1 aromatic carbocycles. The van der Waals surface area contributed by atoms with Crippen molar-refractivity contribution in [3.8, 4) is 0 Å². The number of rotatable bonds is 5. The number of hydrogen-bond donors (Lipinski definition) is 0. The number of benzene rings is 1. The first kappa shape index (κ1) is 12.8. The third-order valence-corrected chi connectivity index (χ3v) is 3.73. The van der Waals surface area contributed by atoms with E-state index in [0.717, 1.165) is 11.8 Å². The standard InChI is InChI=1S/C11H13ClF2S/c1-8(5-12)6-15-7-9-2-10(13)4-11(14)3-9/h2-4,8H,5-7H2,1H3. The minimum atomic E-state index is -0.518. The van der Waals surface area contributed by atoms with Crippen LogP contribution in [0.5, 0.6) is 0 Å². The van der Waals surface area contributed by atoms with Crippen molar-refractivity contribution in [1.82, 2.24) is 0 Å². The van der Waals surface area contributed by atoms with Crippen LogP contribution in [0.15, 0.2) is 18.2 Å². The summed E-state index contributed by atoms with van der Waals surface area (Å²) in [5.74, 6) is 1.53. The molecule has 0 N–H and O–H groups in total. The Labute approximate surface area is 98.0 Å². The molecular weight excluding hydrogens is 238 g/mol.